The van der Waals surface area contributed by atoms with Crippen LogP contribution in [0.5, 0.6) is 0 Å². The second-order valence-electron chi connectivity index (χ2n) is 7.89. The number of carbonyl (C=O) groups is 1. The molecule has 0 saturated carbocycles. The molecule has 0 bridgehead atoms. The first-order chi connectivity index (χ1) is 10.1. The lowest BCUT2D eigenvalue weighted by molar-refractivity contribution is -0.141. The van der Waals surface area contributed by atoms with Gasteiger partial charge >= 0.3 is 0 Å². The van der Waals surface area contributed by atoms with Crippen molar-refractivity contribution in [2.75, 3.05) is 0 Å². The van der Waals surface area contributed by atoms with Crippen LogP contribution in [0.1, 0.15) is 47.1 Å². The second kappa shape index (κ2) is 5.75. The monoisotopic (exact) mass is 297 g/mol. The van der Waals surface area contributed by atoms with E-state index in [1.807, 2.05) is 23.1 Å². The smallest absolute Gasteiger partial charge is 0.227 e. The van der Waals surface area contributed by atoms with E-state index >= 15 is 0 Å². The molecule has 0 atom stereocenters. The highest BCUT2D eigenvalue weighted by Crippen LogP contribution is 2.27. The Balaban J connectivity index is 2.37. The fourth-order valence-electron chi connectivity index (χ4n) is 3.44. The average molecular weight is 297 g/mol. The van der Waals surface area contributed by atoms with E-state index in [-0.39, 0.29) is 17.0 Å². The number of nitrogens with zero attached hydrogens (tertiary/aromatic N) is 1. The minimum absolute atomic E-state index is 0.177. The number of rotatable bonds is 2. The molecular weight excluding hydrogens is 270 g/mol. The number of hydrogen-bond donors (Lipinski definition) is 0. The van der Waals surface area contributed by atoms with Crippen LogP contribution in [0.25, 0.3) is 10.8 Å². The molecule has 2 aromatic rings. The standard InChI is InChI=1S/C20H27NO/c1-19(2,3)21(20(4,5)6)18(22)14-16-12-9-11-15-10-7-8-13-17(15)16/h7-13H,14H2,1-6H3. The highest BCUT2D eigenvalue weighted by molar-refractivity contribution is 5.90. The van der Waals surface area contributed by atoms with Crippen LogP contribution in [0.2, 0.25) is 0 Å². The molecule has 0 unspecified atom stereocenters. The van der Waals surface area contributed by atoms with Crippen LogP contribution in [0.3, 0.4) is 0 Å². The topological polar surface area (TPSA) is 20.3 Å². The van der Waals surface area contributed by atoms with E-state index in [2.05, 4.69) is 65.8 Å². The summed E-state index contributed by atoms with van der Waals surface area (Å²) in [5, 5.41) is 2.35. The molecule has 118 valence electrons. The van der Waals surface area contributed by atoms with Crippen molar-refractivity contribution >= 4 is 16.7 Å². The Morgan fingerprint density at radius 3 is 2.00 bits per heavy atom. The lowest BCUT2D eigenvalue weighted by Gasteiger charge is -2.45. The SMILES string of the molecule is CC(C)(C)N(C(=O)Cc1cccc2ccccc12)C(C)(C)C. The summed E-state index contributed by atoms with van der Waals surface area (Å²) in [6.07, 6.45) is 0.440. The Bertz CT molecular complexity index is 655. The third-order valence-electron chi connectivity index (χ3n) is 3.81. The zero-order valence-electron chi connectivity index (χ0n) is 14.6. The Kier molecular flexibility index (Phi) is 4.32. The van der Waals surface area contributed by atoms with Gasteiger partial charge in [0.1, 0.15) is 0 Å². The van der Waals surface area contributed by atoms with E-state index in [0.717, 1.165) is 5.56 Å². The van der Waals surface area contributed by atoms with Crippen LogP contribution in [-0.4, -0.2) is 21.9 Å². The quantitative estimate of drug-likeness (QED) is 0.779. The third kappa shape index (κ3) is 3.49. The van der Waals surface area contributed by atoms with E-state index in [0.29, 0.717) is 6.42 Å². The molecule has 2 nitrogen and oxygen atoms in total. The minimum atomic E-state index is -0.195. The maximum atomic E-state index is 13.0. The van der Waals surface area contributed by atoms with Gasteiger partial charge in [-0.05, 0) is 57.9 Å². The Morgan fingerprint density at radius 2 is 1.41 bits per heavy atom. The van der Waals surface area contributed by atoms with Gasteiger partial charge in [0.15, 0.2) is 0 Å². The fraction of sp³-hybridized carbons (Fsp3) is 0.450. The van der Waals surface area contributed by atoms with E-state index in [4.69, 9.17) is 0 Å². The van der Waals surface area contributed by atoms with Gasteiger partial charge in [-0.25, -0.2) is 0 Å². The second-order valence-corrected chi connectivity index (χ2v) is 7.89. The van der Waals surface area contributed by atoms with Crippen LogP contribution >= 0.6 is 0 Å². The van der Waals surface area contributed by atoms with Gasteiger partial charge in [0, 0.05) is 11.1 Å². The lowest BCUT2D eigenvalue weighted by Crippen LogP contribution is -2.56. The number of benzene rings is 2. The van der Waals surface area contributed by atoms with Crippen molar-refractivity contribution < 1.29 is 4.79 Å². The molecule has 0 fully saturated rings. The molecule has 2 rings (SSSR count). The van der Waals surface area contributed by atoms with Crippen molar-refractivity contribution in [3.63, 3.8) is 0 Å². The van der Waals surface area contributed by atoms with Gasteiger partial charge in [-0.15, -0.1) is 0 Å². The third-order valence-corrected chi connectivity index (χ3v) is 3.81. The maximum absolute atomic E-state index is 13.0. The molecule has 0 aliphatic rings. The fourth-order valence-corrected chi connectivity index (χ4v) is 3.44. The number of amides is 1. The Morgan fingerprint density at radius 1 is 0.864 bits per heavy atom. The first kappa shape index (κ1) is 16.5. The number of hydrogen-bond acceptors (Lipinski definition) is 1. The van der Waals surface area contributed by atoms with Crippen LogP contribution in [0, 0.1) is 0 Å². The summed E-state index contributed by atoms with van der Waals surface area (Å²) < 4.78 is 0. The minimum Gasteiger partial charge on any atom is -0.333 e. The first-order valence-electron chi connectivity index (χ1n) is 7.90. The summed E-state index contributed by atoms with van der Waals surface area (Å²) in [6, 6.07) is 14.4. The van der Waals surface area contributed by atoms with Crippen molar-refractivity contribution in [3.05, 3.63) is 48.0 Å². The Hall–Kier alpha value is -1.83. The molecule has 0 heterocycles. The van der Waals surface area contributed by atoms with Gasteiger partial charge in [0.2, 0.25) is 5.91 Å². The summed E-state index contributed by atoms with van der Waals surface area (Å²) >= 11 is 0. The van der Waals surface area contributed by atoms with E-state index < -0.39 is 0 Å². The van der Waals surface area contributed by atoms with Crippen LogP contribution in [-0.2, 0) is 11.2 Å². The van der Waals surface area contributed by atoms with Crippen LogP contribution < -0.4 is 0 Å². The summed E-state index contributed by atoms with van der Waals surface area (Å²) in [5.41, 5.74) is 0.710. The highest BCUT2D eigenvalue weighted by Gasteiger charge is 2.35. The average Bonchev–Trinajstić information content (AvgIpc) is 2.35. The predicted octanol–water partition coefficient (Wildman–Crippen LogP) is 4.81. The number of carbonyl (C=O) groups excluding carboxylic acids is 1. The van der Waals surface area contributed by atoms with E-state index in [1.165, 1.54) is 10.8 Å². The van der Waals surface area contributed by atoms with Crippen LogP contribution in [0.15, 0.2) is 42.5 Å². The van der Waals surface area contributed by atoms with Gasteiger partial charge in [-0.3, -0.25) is 4.79 Å². The summed E-state index contributed by atoms with van der Waals surface area (Å²) in [6.45, 7) is 12.6. The molecule has 0 saturated heterocycles. The molecule has 0 radical (unpaired) electrons. The summed E-state index contributed by atoms with van der Waals surface area (Å²) in [5.74, 6) is 0.177. The van der Waals surface area contributed by atoms with E-state index in [9.17, 15) is 4.79 Å². The largest absolute Gasteiger partial charge is 0.333 e. The zero-order chi connectivity index (χ0) is 16.5. The van der Waals surface area contributed by atoms with Gasteiger partial charge in [-0.2, -0.15) is 0 Å². The molecular formula is C20H27NO. The van der Waals surface area contributed by atoms with Gasteiger partial charge in [0.25, 0.3) is 0 Å². The van der Waals surface area contributed by atoms with Crippen molar-refractivity contribution in [3.8, 4) is 0 Å². The van der Waals surface area contributed by atoms with Gasteiger partial charge < -0.3 is 4.90 Å². The van der Waals surface area contributed by atoms with Gasteiger partial charge in [-0.1, -0.05) is 42.5 Å². The normalized spacial score (nSPS) is 12.5. The van der Waals surface area contributed by atoms with Crippen molar-refractivity contribution in [2.45, 2.75) is 59.0 Å². The van der Waals surface area contributed by atoms with E-state index in [1.54, 1.807) is 0 Å². The van der Waals surface area contributed by atoms with Gasteiger partial charge in [0.05, 0.1) is 6.42 Å². The van der Waals surface area contributed by atoms with Crippen molar-refractivity contribution in [2.24, 2.45) is 0 Å². The molecule has 0 aromatic heterocycles. The summed E-state index contributed by atoms with van der Waals surface area (Å²) in [4.78, 5) is 15.0. The Labute approximate surface area is 134 Å². The first-order valence-corrected chi connectivity index (χ1v) is 7.90. The molecule has 0 spiro atoms. The maximum Gasteiger partial charge on any atom is 0.227 e. The summed E-state index contributed by atoms with van der Waals surface area (Å²) in [7, 11) is 0. The molecule has 0 N–H and O–H groups in total. The lowest BCUT2D eigenvalue weighted by atomic mass is 9.93. The molecule has 2 aromatic carbocycles. The molecule has 0 aliphatic heterocycles. The zero-order valence-corrected chi connectivity index (χ0v) is 14.6. The van der Waals surface area contributed by atoms with Crippen LogP contribution in [0.4, 0.5) is 0 Å². The molecule has 0 aliphatic carbocycles. The highest BCUT2D eigenvalue weighted by atomic mass is 16.2. The molecule has 22 heavy (non-hydrogen) atoms. The predicted molar refractivity (Wildman–Crippen MR) is 94.0 cm³/mol. The van der Waals surface area contributed by atoms with Crippen molar-refractivity contribution in [1.82, 2.24) is 4.90 Å². The molecule has 1 amide bonds. The number of fused-ring (bicyclic) bond motifs is 1. The molecule has 2 heteroatoms. The van der Waals surface area contributed by atoms with Crippen molar-refractivity contribution in [1.29, 1.82) is 0 Å².